The van der Waals surface area contributed by atoms with Gasteiger partial charge < -0.3 is 18.8 Å². The first-order chi connectivity index (χ1) is 42.2. The molecule has 0 aliphatic carbocycles. The number of nitrogens with zero attached hydrogens (tertiary/aromatic N) is 3. The fourth-order valence-corrected chi connectivity index (χ4v) is 17.4. The fraction of sp³-hybridized carbons (Fsp3) is 0. The summed E-state index contributed by atoms with van der Waals surface area (Å²) in [6.07, 6.45) is 0. The van der Waals surface area contributed by atoms with E-state index in [2.05, 4.69) is 281 Å². The third-order valence-corrected chi connectivity index (χ3v) is 21.0. The molecule has 392 valence electrons. The van der Waals surface area contributed by atoms with E-state index in [1.54, 1.807) is 0 Å². The molecule has 85 heavy (non-hydrogen) atoms. The summed E-state index contributed by atoms with van der Waals surface area (Å²) < 4.78 is 14.5. The van der Waals surface area contributed by atoms with Crippen LogP contribution in [0.4, 0.5) is 34.1 Å². The van der Waals surface area contributed by atoms with Crippen molar-refractivity contribution in [1.82, 2.24) is 4.57 Å². The van der Waals surface area contributed by atoms with Crippen LogP contribution in [0.3, 0.4) is 0 Å². The molecule has 0 atom stereocenters. The number of rotatable bonds is 4. The van der Waals surface area contributed by atoms with Crippen molar-refractivity contribution in [3.05, 3.63) is 267 Å². The normalized spacial score (nSPS) is 13.1. The maximum Gasteiger partial charge on any atom is 0.252 e. The molecule has 0 radical (unpaired) electrons. The zero-order chi connectivity index (χ0) is 55.2. The largest absolute Gasteiger partial charge is 0.456 e. The Hall–Kier alpha value is -10.4. The Morgan fingerprint density at radius 2 is 0.788 bits per heavy atom. The summed E-state index contributed by atoms with van der Waals surface area (Å²) in [5, 5.41) is 17.2. The van der Waals surface area contributed by atoms with Crippen LogP contribution in [0, 0.1) is 0 Å². The van der Waals surface area contributed by atoms with E-state index in [4.69, 9.17) is 4.42 Å². The van der Waals surface area contributed by atoms with E-state index in [0.717, 1.165) is 72.9 Å². The van der Waals surface area contributed by atoms with Gasteiger partial charge in [0, 0.05) is 90.3 Å². The third-order valence-electron chi connectivity index (χ3n) is 18.7. The molecular weight excluding hydrogens is 1070 g/mol. The maximum absolute atomic E-state index is 6.99. The lowest BCUT2D eigenvalue weighted by molar-refractivity contribution is 0.669. The van der Waals surface area contributed by atoms with Gasteiger partial charge in [-0.2, -0.15) is 0 Å². The molecule has 20 rings (SSSR count). The number of para-hydroxylation sites is 3. The molecule has 6 heterocycles. The van der Waals surface area contributed by atoms with Gasteiger partial charge in [-0.05, 0) is 163 Å². The Kier molecular flexibility index (Phi) is 9.27. The molecule has 0 N–H and O–H groups in total. The predicted molar refractivity (Wildman–Crippen MR) is 366 cm³/mol. The van der Waals surface area contributed by atoms with Crippen LogP contribution in [0.15, 0.2) is 271 Å². The van der Waals surface area contributed by atoms with Crippen molar-refractivity contribution >= 4 is 196 Å². The van der Waals surface area contributed by atoms with Gasteiger partial charge in [-0.3, -0.25) is 0 Å². The van der Waals surface area contributed by atoms with Gasteiger partial charge in [0.2, 0.25) is 0 Å². The molecule has 0 spiro atoms. The summed E-state index contributed by atoms with van der Waals surface area (Å²) in [5.74, 6) is 0. The highest BCUT2D eigenvalue weighted by molar-refractivity contribution is 7.26. The Bertz CT molecular complexity index is 5920. The van der Waals surface area contributed by atoms with Gasteiger partial charge in [-0.15, -0.1) is 22.7 Å². The number of hydrogen-bond acceptors (Lipinski definition) is 5. The Morgan fingerprint density at radius 3 is 1.44 bits per heavy atom. The first-order valence-electron chi connectivity index (χ1n) is 29.2. The standard InChI is InChI=1S/C78H44BN3OS2/c1-2-18-47(19-3-1)80-62-28-12-8-24-53(62)58-41-66-60(43-65(58)80)79-61-44-71-59(54-25-9-13-31-70(54)83-71)42-67(61)82(64-30-17-35-75-77(64)56-27-11-15-33-73(56)85-75)69-40-46(45-36-37-52-50-22-5-4-20-48(50)49-21-6-7-23-51(49)57(52)38-45)39-68(78(69)79)81(66)63-29-16-34-74-76(63)55-26-10-14-32-72(55)84-74/h1-44H. The molecule has 0 saturated heterocycles. The van der Waals surface area contributed by atoms with Gasteiger partial charge in [0.15, 0.2) is 0 Å². The van der Waals surface area contributed by atoms with E-state index in [0.29, 0.717) is 0 Å². The van der Waals surface area contributed by atoms with Crippen LogP contribution in [-0.2, 0) is 0 Å². The monoisotopic (exact) mass is 1110 g/mol. The second kappa shape index (κ2) is 17.1. The quantitative estimate of drug-likeness (QED) is 0.130. The fourth-order valence-electron chi connectivity index (χ4n) is 15.2. The topological polar surface area (TPSA) is 24.6 Å². The second-order valence-corrected chi connectivity index (χ2v) is 25.2. The summed E-state index contributed by atoms with van der Waals surface area (Å²) >= 11 is 3.75. The van der Waals surface area contributed by atoms with Crippen molar-refractivity contribution in [3.63, 3.8) is 0 Å². The average Bonchev–Trinajstić information content (AvgIpc) is 1.71. The zero-order valence-electron chi connectivity index (χ0n) is 45.5. The van der Waals surface area contributed by atoms with E-state index >= 15 is 0 Å². The van der Waals surface area contributed by atoms with Crippen LogP contribution in [0.1, 0.15) is 0 Å². The number of aromatic nitrogens is 1. The van der Waals surface area contributed by atoms with E-state index in [1.165, 1.54) is 111 Å². The van der Waals surface area contributed by atoms with E-state index in [1.807, 2.05) is 22.7 Å². The molecule has 0 fully saturated rings. The van der Waals surface area contributed by atoms with Gasteiger partial charge in [-0.1, -0.05) is 164 Å². The highest BCUT2D eigenvalue weighted by Gasteiger charge is 2.45. The summed E-state index contributed by atoms with van der Waals surface area (Å²) in [5.41, 5.74) is 18.2. The van der Waals surface area contributed by atoms with Gasteiger partial charge in [0.05, 0.1) is 22.4 Å². The molecule has 0 amide bonds. The highest BCUT2D eigenvalue weighted by atomic mass is 32.1. The lowest BCUT2D eigenvalue weighted by atomic mass is 9.33. The predicted octanol–water partition coefficient (Wildman–Crippen LogP) is 20.6. The Labute approximate surface area is 495 Å². The SMILES string of the molecule is c1ccc(-n2c3ccccc3c3cc4c(cc32)B2c3cc5oc6ccccc6c5cc3N(c3cccc5sc6ccccc6c35)c3cc(-c5ccc6c7ccccc7c7ccccc7c6c5)cc(c32)N4c2cccc3sc4ccccc4c23)cc1. The summed E-state index contributed by atoms with van der Waals surface area (Å²) in [6.45, 7) is -0.218. The average molecular weight is 1110 g/mol. The molecule has 2 aliphatic heterocycles. The Morgan fingerprint density at radius 1 is 0.282 bits per heavy atom. The van der Waals surface area contributed by atoms with Crippen molar-refractivity contribution in [2.45, 2.75) is 0 Å². The van der Waals surface area contributed by atoms with Gasteiger partial charge in [-0.25, -0.2) is 0 Å². The van der Waals surface area contributed by atoms with Crippen molar-refractivity contribution in [2.24, 2.45) is 0 Å². The van der Waals surface area contributed by atoms with Crippen LogP contribution in [0.25, 0.3) is 133 Å². The van der Waals surface area contributed by atoms with Gasteiger partial charge >= 0.3 is 0 Å². The third kappa shape index (κ3) is 6.30. The molecule has 0 bridgehead atoms. The van der Waals surface area contributed by atoms with E-state index in [9.17, 15) is 0 Å². The van der Waals surface area contributed by atoms with E-state index < -0.39 is 0 Å². The minimum Gasteiger partial charge on any atom is -0.456 e. The van der Waals surface area contributed by atoms with Crippen LogP contribution < -0.4 is 26.2 Å². The van der Waals surface area contributed by atoms with Crippen LogP contribution >= 0.6 is 22.7 Å². The lowest BCUT2D eigenvalue weighted by Gasteiger charge is -2.45. The molecule has 0 saturated carbocycles. The van der Waals surface area contributed by atoms with Crippen molar-refractivity contribution < 1.29 is 4.42 Å². The highest BCUT2D eigenvalue weighted by Crippen LogP contribution is 2.53. The van der Waals surface area contributed by atoms with Crippen molar-refractivity contribution in [3.8, 4) is 16.8 Å². The van der Waals surface area contributed by atoms with Crippen LogP contribution in [0.2, 0.25) is 0 Å². The first kappa shape index (κ1) is 46.1. The maximum atomic E-state index is 6.99. The Balaban J connectivity index is 0.983. The molecule has 18 aromatic rings. The minimum absolute atomic E-state index is 0.218. The second-order valence-electron chi connectivity index (χ2n) is 23.0. The number of benzene rings is 14. The van der Waals surface area contributed by atoms with Gasteiger partial charge in [0.1, 0.15) is 11.2 Å². The summed E-state index contributed by atoms with van der Waals surface area (Å²) in [7, 11) is 0. The van der Waals surface area contributed by atoms with Crippen molar-refractivity contribution in [1.29, 1.82) is 0 Å². The minimum atomic E-state index is -0.218. The first-order valence-corrected chi connectivity index (χ1v) is 30.8. The lowest BCUT2D eigenvalue weighted by Crippen LogP contribution is -2.61. The number of thiophene rings is 2. The molecule has 7 heteroatoms. The van der Waals surface area contributed by atoms with Crippen LogP contribution in [0.5, 0.6) is 0 Å². The van der Waals surface area contributed by atoms with Gasteiger partial charge in [0.25, 0.3) is 6.71 Å². The summed E-state index contributed by atoms with van der Waals surface area (Å²) in [6, 6.07) is 100. The van der Waals surface area contributed by atoms with Crippen molar-refractivity contribution in [2.75, 3.05) is 9.80 Å². The number of hydrogen-bond donors (Lipinski definition) is 0. The molecule has 2 aliphatic rings. The number of furan rings is 1. The summed E-state index contributed by atoms with van der Waals surface area (Å²) in [4.78, 5) is 5.31. The van der Waals surface area contributed by atoms with E-state index in [-0.39, 0.29) is 6.71 Å². The molecule has 4 aromatic heterocycles. The molecule has 4 nitrogen and oxygen atoms in total. The number of fused-ring (bicyclic) bond motifs is 22. The zero-order valence-corrected chi connectivity index (χ0v) is 47.2. The smallest absolute Gasteiger partial charge is 0.252 e. The number of anilines is 6. The molecular formula is C78H44BN3OS2. The molecule has 14 aromatic carbocycles. The molecule has 0 unspecified atom stereocenters. The van der Waals surface area contributed by atoms with Crippen LogP contribution in [-0.4, -0.2) is 11.3 Å².